The van der Waals surface area contributed by atoms with Crippen LogP contribution in [0.4, 0.5) is 10.2 Å². The second-order valence-electron chi connectivity index (χ2n) is 13.0. The molecular weight excluding hydrogens is 539 g/mol. The third kappa shape index (κ3) is 4.93. The Balaban J connectivity index is 0.000000221. The summed E-state index contributed by atoms with van der Waals surface area (Å²) in [5.74, 6) is 3.05. The zero-order chi connectivity index (χ0) is 26.5. The van der Waals surface area contributed by atoms with Gasteiger partial charge in [0.1, 0.15) is 17.8 Å². The zero-order valence-electron chi connectivity index (χ0n) is 23.5. The second kappa shape index (κ2) is 10.5. The highest BCUT2D eigenvalue weighted by molar-refractivity contribution is 9.10. The number of aromatic nitrogens is 2. The molecule has 1 spiro atoms. The Kier molecular flexibility index (Phi) is 7.35. The van der Waals surface area contributed by atoms with E-state index in [1.165, 1.54) is 66.5 Å². The molecule has 0 saturated carbocycles. The van der Waals surface area contributed by atoms with Gasteiger partial charge in [0.2, 0.25) is 0 Å². The fourth-order valence-electron chi connectivity index (χ4n) is 8.16. The first-order chi connectivity index (χ1) is 18.3. The lowest BCUT2D eigenvalue weighted by Crippen LogP contribution is -2.38. The summed E-state index contributed by atoms with van der Waals surface area (Å²) in [5, 5.41) is 0. The molecule has 3 aliphatic heterocycles. The molecule has 0 radical (unpaired) electrons. The third-order valence-corrected chi connectivity index (χ3v) is 10.7. The maximum absolute atomic E-state index is 12.8. The van der Waals surface area contributed by atoms with E-state index in [4.69, 9.17) is 9.97 Å². The van der Waals surface area contributed by atoms with Crippen molar-refractivity contribution in [2.24, 2.45) is 5.92 Å². The number of fused-ring (bicyclic) bond motifs is 4. The number of hydrogen-bond donors (Lipinski definition) is 0. The molecule has 0 N–H and O–H groups in total. The molecule has 1 aromatic carbocycles. The van der Waals surface area contributed by atoms with Gasteiger partial charge in [0, 0.05) is 47.0 Å². The van der Waals surface area contributed by atoms with Gasteiger partial charge in [0.25, 0.3) is 0 Å². The molecule has 4 heterocycles. The average molecular weight is 584 g/mol. The largest absolute Gasteiger partial charge is 0.356 e. The number of hydrogen-bond acceptors (Lipinski definition) is 4. The Hall–Kier alpha value is -1.53. The van der Waals surface area contributed by atoms with Crippen LogP contribution in [-0.2, 0) is 31.1 Å². The SMILES string of the molecule is CC12CCCN1CC(F)C2.CCc1nc2c(c(N3CCCC(C)C3)n1)CCC1(CCc3ccc(Br)cc31)C2. The van der Waals surface area contributed by atoms with E-state index in [1.807, 2.05) is 0 Å². The molecule has 0 amide bonds. The van der Waals surface area contributed by atoms with E-state index in [0.717, 1.165) is 57.1 Å². The maximum atomic E-state index is 12.8. The summed E-state index contributed by atoms with van der Waals surface area (Å²) in [6.07, 6.45) is 12.1. The predicted octanol–water partition coefficient (Wildman–Crippen LogP) is 6.99. The minimum atomic E-state index is -0.551. The first-order valence-electron chi connectivity index (χ1n) is 15.1. The van der Waals surface area contributed by atoms with Crippen molar-refractivity contribution >= 4 is 21.7 Å². The van der Waals surface area contributed by atoms with E-state index in [9.17, 15) is 4.39 Å². The predicted molar refractivity (Wildman–Crippen MR) is 157 cm³/mol. The maximum Gasteiger partial charge on any atom is 0.135 e. The Bertz CT molecular complexity index is 1190. The summed E-state index contributed by atoms with van der Waals surface area (Å²) in [6.45, 7) is 10.9. The lowest BCUT2D eigenvalue weighted by molar-refractivity contribution is 0.217. The van der Waals surface area contributed by atoms with Crippen LogP contribution in [0.3, 0.4) is 0 Å². The van der Waals surface area contributed by atoms with Gasteiger partial charge in [0.05, 0.1) is 5.69 Å². The van der Waals surface area contributed by atoms with Crippen LogP contribution in [-0.4, -0.2) is 52.8 Å². The van der Waals surface area contributed by atoms with Crippen molar-refractivity contribution in [2.75, 3.05) is 31.1 Å². The molecular formula is C32H44BrFN4. The first-order valence-corrected chi connectivity index (χ1v) is 15.9. The van der Waals surface area contributed by atoms with E-state index in [0.29, 0.717) is 6.54 Å². The molecule has 1 aromatic heterocycles. The molecule has 206 valence electrons. The average Bonchev–Trinajstić information content (AvgIpc) is 3.52. The standard InChI is InChI=1S/C24H30BrN3.C8H14FN/c1-3-22-26-21-14-24(10-8-17-6-7-18(25)13-20(17)24)11-9-19(21)23(27-22)28-12-4-5-16(2)15-28;1-8-3-2-4-10(8)6-7(9)5-8/h6-7,13,16H,3-5,8-12,14-15H2,1-2H3;7H,2-6H2,1H3. The molecule has 3 fully saturated rings. The molecule has 2 aliphatic carbocycles. The number of rotatable bonds is 2. The van der Waals surface area contributed by atoms with E-state index >= 15 is 0 Å². The van der Waals surface area contributed by atoms with Crippen LogP contribution < -0.4 is 4.90 Å². The Labute approximate surface area is 236 Å². The molecule has 0 bridgehead atoms. The van der Waals surface area contributed by atoms with Crippen LogP contribution in [0.15, 0.2) is 22.7 Å². The Morgan fingerprint density at radius 1 is 1.08 bits per heavy atom. The Morgan fingerprint density at radius 3 is 2.71 bits per heavy atom. The van der Waals surface area contributed by atoms with Crippen LogP contribution in [0, 0.1) is 5.92 Å². The summed E-state index contributed by atoms with van der Waals surface area (Å²) in [7, 11) is 0. The van der Waals surface area contributed by atoms with Crippen LogP contribution >= 0.6 is 15.9 Å². The molecule has 3 saturated heterocycles. The zero-order valence-corrected chi connectivity index (χ0v) is 25.1. The highest BCUT2D eigenvalue weighted by atomic mass is 79.9. The van der Waals surface area contributed by atoms with Crippen LogP contribution in [0.25, 0.3) is 0 Å². The number of anilines is 1. The smallest absolute Gasteiger partial charge is 0.135 e. The summed E-state index contributed by atoms with van der Waals surface area (Å²) >= 11 is 3.71. The van der Waals surface area contributed by atoms with Gasteiger partial charge in [-0.15, -0.1) is 0 Å². The molecule has 5 aliphatic rings. The topological polar surface area (TPSA) is 32.3 Å². The van der Waals surface area contributed by atoms with E-state index < -0.39 is 6.17 Å². The number of aryl methyl sites for hydroxylation is 2. The quantitative estimate of drug-likeness (QED) is 0.382. The number of piperidine rings is 1. The fourth-order valence-corrected chi connectivity index (χ4v) is 8.52. The first kappa shape index (κ1) is 26.7. The number of alkyl halides is 1. The van der Waals surface area contributed by atoms with Crippen molar-refractivity contribution in [2.45, 2.75) is 109 Å². The normalized spacial score (nSPS) is 32.1. The van der Waals surface area contributed by atoms with Crippen molar-refractivity contribution < 1.29 is 4.39 Å². The monoisotopic (exact) mass is 582 g/mol. The number of nitrogens with zero attached hydrogens (tertiary/aromatic N) is 4. The Morgan fingerprint density at radius 2 is 1.92 bits per heavy atom. The van der Waals surface area contributed by atoms with Crippen LogP contribution in [0.5, 0.6) is 0 Å². The molecule has 38 heavy (non-hydrogen) atoms. The molecule has 7 rings (SSSR count). The minimum Gasteiger partial charge on any atom is -0.356 e. The van der Waals surface area contributed by atoms with Gasteiger partial charge in [0.15, 0.2) is 0 Å². The molecule has 4 atom stereocenters. The van der Waals surface area contributed by atoms with Crippen LogP contribution in [0.2, 0.25) is 0 Å². The van der Waals surface area contributed by atoms with Crippen LogP contribution in [0.1, 0.15) is 93.9 Å². The fraction of sp³-hybridized carbons (Fsp3) is 0.688. The van der Waals surface area contributed by atoms with Crippen molar-refractivity contribution in [1.29, 1.82) is 0 Å². The van der Waals surface area contributed by atoms with E-state index in [-0.39, 0.29) is 11.0 Å². The molecule has 4 nitrogen and oxygen atoms in total. The highest BCUT2D eigenvalue weighted by Gasteiger charge is 2.45. The van der Waals surface area contributed by atoms with Crippen molar-refractivity contribution in [3.05, 3.63) is 50.9 Å². The van der Waals surface area contributed by atoms with Gasteiger partial charge in [-0.3, -0.25) is 4.90 Å². The minimum absolute atomic E-state index is 0.236. The van der Waals surface area contributed by atoms with Gasteiger partial charge >= 0.3 is 0 Å². The summed E-state index contributed by atoms with van der Waals surface area (Å²) in [5.41, 5.74) is 6.40. The molecule has 2 aromatic rings. The lowest BCUT2D eigenvalue weighted by atomic mass is 9.69. The van der Waals surface area contributed by atoms with E-state index in [2.05, 4.69) is 64.7 Å². The van der Waals surface area contributed by atoms with Crippen molar-refractivity contribution in [1.82, 2.24) is 14.9 Å². The van der Waals surface area contributed by atoms with Crippen molar-refractivity contribution in [3.63, 3.8) is 0 Å². The number of halogens is 2. The van der Waals surface area contributed by atoms with Gasteiger partial charge in [-0.25, -0.2) is 14.4 Å². The van der Waals surface area contributed by atoms with Crippen molar-refractivity contribution in [3.8, 4) is 0 Å². The lowest BCUT2D eigenvalue weighted by Gasteiger charge is -2.39. The van der Waals surface area contributed by atoms with Gasteiger partial charge in [-0.2, -0.15) is 0 Å². The summed E-state index contributed by atoms with van der Waals surface area (Å²) in [4.78, 5) is 15.0. The van der Waals surface area contributed by atoms with Gasteiger partial charge < -0.3 is 4.90 Å². The van der Waals surface area contributed by atoms with E-state index in [1.54, 1.807) is 11.1 Å². The number of benzene rings is 1. The van der Waals surface area contributed by atoms with Gasteiger partial charge in [-0.1, -0.05) is 35.8 Å². The summed E-state index contributed by atoms with van der Waals surface area (Å²) in [6, 6.07) is 6.89. The van der Waals surface area contributed by atoms with Gasteiger partial charge in [-0.05, 0) is 107 Å². The second-order valence-corrected chi connectivity index (χ2v) is 14.0. The third-order valence-electron chi connectivity index (χ3n) is 10.3. The highest BCUT2D eigenvalue weighted by Crippen LogP contribution is 2.49. The molecule has 4 unspecified atom stereocenters. The summed E-state index contributed by atoms with van der Waals surface area (Å²) < 4.78 is 14.1. The molecule has 6 heteroatoms.